The number of nitrogen functional groups attached to an aromatic ring is 1. The van der Waals surface area contributed by atoms with E-state index in [1.807, 2.05) is 24.0 Å². The first kappa shape index (κ1) is 21.0. The molecule has 5 heteroatoms. The zero-order chi connectivity index (χ0) is 22.9. The van der Waals surface area contributed by atoms with Crippen molar-refractivity contribution in [1.29, 1.82) is 0 Å². The third-order valence-electron chi connectivity index (χ3n) is 6.24. The van der Waals surface area contributed by atoms with Gasteiger partial charge in [0.25, 0.3) is 0 Å². The first-order chi connectivity index (χ1) is 16.0. The third-order valence-corrected chi connectivity index (χ3v) is 6.24. The highest BCUT2D eigenvalue weighted by Crippen LogP contribution is 2.30. The molecule has 0 aliphatic carbocycles. The van der Waals surface area contributed by atoms with Gasteiger partial charge in [-0.05, 0) is 65.2 Å². The maximum Gasteiger partial charge on any atom is 0.0599 e. The van der Waals surface area contributed by atoms with Crippen molar-refractivity contribution in [2.24, 2.45) is 7.05 Å². The maximum atomic E-state index is 6.35. The van der Waals surface area contributed by atoms with Gasteiger partial charge in [0.15, 0.2) is 0 Å². The van der Waals surface area contributed by atoms with Crippen LogP contribution < -0.4 is 11.1 Å². The summed E-state index contributed by atoms with van der Waals surface area (Å²) in [6.45, 7) is 5.91. The summed E-state index contributed by atoms with van der Waals surface area (Å²) >= 11 is 0. The molecule has 4 aromatic rings. The Morgan fingerprint density at radius 3 is 2.55 bits per heavy atom. The summed E-state index contributed by atoms with van der Waals surface area (Å²) in [6.07, 6.45) is 2.60. The number of fused-ring (bicyclic) bond motifs is 9. The van der Waals surface area contributed by atoms with E-state index < -0.39 is 0 Å². The van der Waals surface area contributed by atoms with Crippen molar-refractivity contribution in [2.75, 3.05) is 18.1 Å². The molecule has 0 spiro atoms. The van der Waals surface area contributed by atoms with Crippen molar-refractivity contribution in [1.82, 2.24) is 14.7 Å². The Labute approximate surface area is 195 Å². The number of aryl methyl sites for hydroxylation is 1. The molecule has 0 amide bonds. The van der Waals surface area contributed by atoms with Gasteiger partial charge >= 0.3 is 0 Å². The van der Waals surface area contributed by atoms with Crippen molar-refractivity contribution < 1.29 is 0 Å². The number of rotatable bonds is 0. The lowest BCUT2D eigenvalue weighted by molar-refractivity contribution is 0.310. The summed E-state index contributed by atoms with van der Waals surface area (Å²) in [6, 6.07) is 23.5. The Bertz CT molecular complexity index is 1330. The number of nitrogens with zero attached hydrogens (tertiary/aromatic N) is 3. The highest BCUT2D eigenvalue weighted by molar-refractivity contribution is 5.71. The molecule has 166 valence electrons. The van der Waals surface area contributed by atoms with Crippen LogP contribution in [0.4, 0.5) is 11.4 Å². The second-order valence-electron chi connectivity index (χ2n) is 8.90. The van der Waals surface area contributed by atoms with Gasteiger partial charge in [0.2, 0.25) is 0 Å². The summed E-state index contributed by atoms with van der Waals surface area (Å²) in [5.41, 5.74) is 17.2. The van der Waals surface area contributed by atoms with E-state index in [2.05, 4.69) is 89.6 Å². The van der Waals surface area contributed by atoms with Gasteiger partial charge in [-0.2, -0.15) is 5.10 Å². The standard InChI is InChI=1S/C28H29N5/c1-19-12-24-14-23(10-11-27(24)29)26-16-30-33(3)28(26)18-32(2)17-20-6-4-7-21(13-20)22-8-5-9-25(15-22)31-19/h4-11,13-16,31H,1,12,17-18,29H2,2-3H3. The minimum absolute atomic E-state index is 0.648. The highest BCUT2D eigenvalue weighted by Gasteiger charge is 2.15. The van der Waals surface area contributed by atoms with Crippen molar-refractivity contribution >= 4 is 11.4 Å². The molecule has 0 radical (unpaired) electrons. The topological polar surface area (TPSA) is 59.1 Å². The Morgan fingerprint density at radius 2 is 1.70 bits per heavy atom. The highest BCUT2D eigenvalue weighted by atomic mass is 15.3. The first-order valence-corrected chi connectivity index (χ1v) is 11.2. The molecular formula is C28H29N5. The molecule has 1 aromatic heterocycles. The van der Waals surface area contributed by atoms with E-state index in [-0.39, 0.29) is 0 Å². The Kier molecular flexibility index (Phi) is 5.48. The van der Waals surface area contributed by atoms with Gasteiger partial charge in [-0.3, -0.25) is 9.58 Å². The molecule has 33 heavy (non-hydrogen) atoms. The van der Waals surface area contributed by atoms with Crippen molar-refractivity contribution in [3.05, 3.63) is 102 Å². The Balaban J connectivity index is 1.61. The quantitative estimate of drug-likeness (QED) is 0.361. The number of nitrogens with one attached hydrogen (secondary N) is 1. The molecule has 0 saturated heterocycles. The SMILES string of the molecule is C=C1Cc2cc(ccc2N)-c2cnn(C)c2CN(C)Cc2cccc(c2)-c2cccc(c2)N1. The van der Waals surface area contributed by atoms with Crippen LogP contribution in [0.5, 0.6) is 0 Å². The van der Waals surface area contributed by atoms with Crippen LogP contribution >= 0.6 is 0 Å². The largest absolute Gasteiger partial charge is 0.398 e. The van der Waals surface area contributed by atoms with Crippen LogP contribution in [-0.4, -0.2) is 21.7 Å². The Hall–Kier alpha value is -3.83. The number of hydrogen-bond donors (Lipinski definition) is 2. The summed E-state index contributed by atoms with van der Waals surface area (Å²) in [7, 11) is 4.16. The van der Waals surface area contributed by atoms with Gasteiger partial charge < -0.3 is 11.1 Å². The molecule has 3 aromatic carbocycles. The van der Waals surface area contributed by atoms with E-state index in [0.29, 0.717) is 6.42 Å². The number of hydrogen-bond acceptors (Lipinski definition) is 4. The third kappa shape index (κ3) is 4.41. The minimum Gasteiger partial charge on any atom is -0.398 e. The summed E-state index contributed by atoms with van der Waals surface area (Å²) in [5, 5.41) is 8.04. The fraction of sp³-hybridized carbons (Fsp3) is 0.179. The summed E-state index contributed by atoms with van der Waals surface area (Å²) in [5.74, 6) is 0. The van der Waals surface area contributed by atoms with Gasteiger partial charge in [0.1, 0.15) is 0 Å². The van der Waals surface area contributed by atoms with Crippen LogP contribution in [0.15, 0.2) is 85.2 Å². The van der Waals surface area contributed by atoms with Gasteiger partial charge in [-0.1, -0.05) is 43.0 Å². The molecule has 3 N–H and O–H groups in total. The van der Waals surface area contributed by atoms with E-state index >= 15 is 0 Å². The van der Waals surface area contributed by atoms with Crippen molar-refractivity contribution in [3.8, 4) is 22.3 Å². The minimum atomic E-state index is 0.648. The maximum absolute atomic E-state index is 6.35. The van der Waals surface area contributed by atoms with Crippen LogP contribution in [0.1, 0.15) is 16.8 Å². The van der Waals surface area contributed by atoms with Gasteiger partial charge in [-0.25, -0.2) is 0 Å². The number of nitrogens with two attached hydrogens (primary N) is 1. The zero-order valence-corrected chi connectivity index (χ0v) is 19.2. The molecule has 1 aliphatic rings. The zero-order valence-electron chi connectivity index (χ0n) is 19.2. The molecule has 1 aliphatic heterocycles. The van der Waals surface area contributed by atoms with Crippen LogP contribution in [0, 0.1) is 0 Å². The molecule has 2 heterocycles. The van der Waals surface area contributed by atoms with E-state index in [9.17, 15) is 0 Å². The summed E-state index contributed by atoms with van der Waals surface area (Å²) < 4.78 is 1.97. The molecule has 5 rings (SSSR count). The van der Waals surface area contributed by atoms with Crippen LogP contribution in [0.2, 0.25) is 0 Å². The van der Waals surface area contributed by atoms with E-state index in [4.69, 9.17) is 5.73 Å². The van der Waals surface area contributed by atoms with E-state index in [1.165, 1.54) is 22.4 Å². The molecule has 6 bridgehead atoms. The average molecular weight is 436 g/mol. The fourth-order valence-electron chi connectivity index (χ4n) is 4.55. The van der Waals surface area contributed by atoms with E-state index in [1.54, 1.807) is 0 Å². The molecule has 5 nitrogen and oxygen atoms in total. The second-order valence-corrected chi connectivity index (χ2v) is 8.90. The number of anilines is 2. The number of allylic oxidation sites excluding steroid dienone is 1. The smallest absolute Gasteiger partial charge is 0.0599 e. The Morgan fingerprint density at radius 1 is 0.909 bits per heavy atom. The lowest BCUT2D eigenvalue weighted by Gasteiger charge is -2.19. The number of aromatic nitrogens is 2. The number of benzene rings is 3. The lowest BCUT2D eigenvalue weighted by atomic mass is 9.99. The predicted molar refractivity (Wildman–Crippen MR) is 137 cm³/mol. The second kappa shape index (κ2) is 8.60. The van der Waals surface area contributed by atoms with Crippen molar-refractivity contribution in [2.45, 2.75) is 19.5 Å². The molecule has 0 unspecified atom stereocenters. The van der Waals surface area contributed by atoms with Gasteiger partial charge in [0, 0.05) is 49.2 Å². The molecule has 0 fully saturated rings. The lowest BCUT2D eigenvalue weighted by Crippen LogP contribution is -2.19. The summed E-state index contributed by atoms with van der Waals surface area (Å²) in [4.78, 5) is 2.33. The van der Waals surface area contributed by atoms with Crippen LogP contribution in [0.25, 0.3) is 22.3 Å². The normalized spacial score (nSPS) is 14.3. The van der Waals surface area contributed by atoms with Crippen LogP contribution in [0.3, 0.4) is 0 Å². The van der Waals surface area contributed by atoms with Gasteiger partial charge in [0.05, 0.1) is 11.9 Å². The monoisotopic (exact) mass is 435 g/mol. The van der Waals surface area contributed by atoms with E-state index in [0.717, 1.165) is 46.9 Å². The predicted octanol–water partition coefficient (Wildman–Crippen LogP) is 5.45. The molecule has 0 atom stereocenters. The van der Waals surface area contributed by atoms with Crippen LogP contribution in [-0.2, 0) is 26.6 Å². The fourth-order valence-corrected chi connectivity index (χ4v) is 4.55. The molecule has 0 saturated carbocycles. The average Bonchev–Trinajstić information content (AvgIpc) is 3.15. The van der Waals surface area contributed by atoms with Gasteiger partial charge in [-0.15, -0.1) is 0 Å². The first-order valence-electron chi connectivity index (χ1n) is 11.2. The van der Waals surface area contributed by atoms with Crippen molar-refractivity contribution in [3.63, 3.8) is 0 Å². The molecular weight excluding hydrogens is 406 g/mol.